The minimum absolute atomic E-state index is 0.127. The molecule has 0 bridgehead atoms. The van der Waals surface area contributed by atoms with Crippen molar-refractivity contribution in [3.63, 3.8) is 0 Å². The van der Waals surface area contributed by atoms with E-state index in [2.05, 4.69) is 15.5 Å². The minimum atomic E-state index is -0.439. The predicted molar refractivity (Wildman–Crippen MR) is 87.2 cm³/mol. The molecule has 0 radical (unpaired) electrons. The molecule has 0 atom stereocenters. The van der Waals surface area contributed by atoms with Gasteiger partial charge in [0.1, 0.15) is 6.54 Å². The van der Waals surface area contributed by atoms with Crippen molar-refractivity contribution in [2.45, 2.75) is 13.3 Å². The average Bonchev–Trinajstić information content (AvgIpc) is 2.50. The Morgan fingerprint density at radius 3 is 2.59 bits per heavy atom. The molecule has 1 rings (SSSR count). The van der Waals surface area contributed by atoms with Gasteiger partial charge in [-0.3, -0.25) is 9.59 Å². The number of carbonyl (C=O) groups excluding carboxylic acids is 2. The van der Waals surface area contributed by atoms with Gasteiger partial charge in [-0.25, -0.2) is 0 Å². The molecule has 0 aliphatic heterocycles. The predicted octanol–water partition coefficient (Wildman–Crippen LogP) is 1.13. The van der Waals surface area contributed by atoms with Crippen LogP contribution in [-0.2, 0) is 16.0 Å². The summed E-state index contributed by atoms with van der Waals surface area (Å²) < 4.78 is 4.80. The van der Waals surface area contributed by atoms with Gasteiger partial charge >= 0.3 is 5.97 Å². The number of anilines is 1. The molecule has 0 fully saturated rings. The first kappa shape index (κ1) is 18.0. The number of ether oxygens (including phenoxy) is 1. The van der Waals surface area contributed by atoms with Crippen LogP contribution in [0.15, 0.2) is 18.2 Å². The molecule has 0 spiro atoms. The van der Waals surface area contributed by atoms with E-state index >= 15 is 0 Å². The van der Waals surface area contributed by atoms with Crippen LogP contribution in [0.5, 0.6) is 0 Å². The van der Waals surface area contributed by atoms with Crippen molar-refractivity contribution < 1.29 is 14.3 Å². The second kappa shape index (κ2) is 9.04. The zero-order valence-electron chi connectivity index (χ0n) is 13.7. The molecule has 2 N–H and O–H groups in total. The molecule has 1 aromatic carbocycles. The Morgan fingerprint density at radius 1 is 1.27 bits per heavy atom. The van der Waals surface area contributed by atoms with Crippen LogP contribution in [0.25, 0.3) is 0 Å². The summed E-state index contributed by atoms with van der Waals surface area (Å²) in [5.41, 5.74) is 2.40. The number of rotatable bonds is 8. The second-order valence-corrected chi connectivity index (χ2v) is 5.13. The van der Waals surface area contributed by atoms with Gasteiger partial charge < -0.3 is 20.3 Å². The highest BCUT2D eigenvalue weighted by molar-refractivity contribution is 6.01. The standard InChI is InChI=1S/C16H25N3O3/c1-5-22-14(20)11-18-16(21)13-8-6-7-12(15(13)17-2)9-10-19(3)4/h6-8,17H,5,9-11H2,1-4H3,(H,18,21). The molecule has 6 heteroatoms. The maximum atomic E-state index is 12.3. The highest BCUT2D eigenvalue weighted by Gasteiger charge is 2.15. The van der Waals surface area contributed by atoms with Gasteiger partial charge in [-0.1, -0.05) is 12.1 Å². The van der Waals surface area contributed by atoms with Gasteiger partial charge in [0, 0.05) is 19.3 Å². The van der Waals surface area contributed by atoms with Crippen molar-refractivity contribution >= 4 is 17.6 Å². The Hall–Kier alpha value is -2.08. The largest absolute Gasteiger partial charge is 0.465 e. The van der Waals surface area contributed by atoms with Gasteiger partial charge in [-0.15, -0.1) is 0 Å². The number of nitrogens with zero attached hydrogens (tertiary/aromatic N) is 1. The van der Waals surface area contributed by atoms with Crippen molar-refractivity contribution in [3.8, 4) is 0 Å². The van der Waals surface area contributed by atoms with Crippen LogP contribution >= 0.6 is 0 Å². The van der Waals surface area contributed by atoms with E-state index in [1.165, 1.54) is 0 Å². The van der Waals surface area contributed by atoms with Crippen molar-refractivity contribution in [3.05, 3.63) is 29.3 Å². The third kappa shape index (κ3) is 5.37. The molecule has 6 nitrogen and oxygen atoms in total. The first-order valence-electron chi connectivity index (χ1n) is 7.37. The van der Waals surface area contributed by atoms with Crippen molar-refractivity contribution in [1.82, 2.24) is 10.2 Å². The number of nitrogens with one attached hydrogen (secondary N) is 2. The lowest BCUT2D eigenvalue weighted by Gasteiger charge is -2.16. The van der Waals surface area contributed by atoms with Crippen LogP contribution in [0.1, 0.15) is 22.8 Å². The Kier molecular flexibility index (Phi) is 7.39. The van der Waals surface area contributed by atoms with E-state index in [1.54, 1.807) is 20.0 Å². The second-order valence-electron chi connectivity index (χ2n) is 5.13. The molecular formula is C16H25N3O3. The fourth-order valence-electron chi connectivity index (χ4n) is 2.10. The van der Waals surface area contributed by atoms with Crippen LogP contribution < -0.4 is 10.6 Å². The topological polar surface area (TPSA) is 70.7 Å². The molecule has 1 aromatic rings. The van der Waals surface area contributed by atoms with Gasteiger partial charge in [0.15, 0.2) is 0 Å². The third-order valence-electron chi connectivity index (χ3n) is 3.17. The summed E-state index contributed by atoms with van der Waals surface area (Å²) in [7, 11) is 5.81. The molecule has 0 unspecified atom stereocenters. The van der Waals surface area contributed by atoms with Crippen LogP contribution in [-0.4, -0.2) is 57.6 Å². The Morgan fingerprint density at radius 2 is 2.00 bits per heavy atom. The first-order valence-corrected chi connectivity index (χ1v) is 7.37. The summed E-state index contributed by atoms with van der Waals surface area (Å²) in [6.45, 7) is 2.80. The van der Waals surface area contributed by atoms with E-state index in [-0.39, 0.29) is 12.5 Å². The van der Waals surface area contributed by atoms with Gasteiger partial charge in [-0.05, 0) is 39.1 Å². The number of amides is 1. The number of benzene rings is 1. The Bertz CT molecular complexity index is 515. The smallest absolute Gasteiger partial charge is 0.325 e. The summed E-state index contributed by atoms with van der Waals surface area (Å²) in [5, 5.41) is 5.67. The lowest BCUT2D eigenvalue weighted by Crippen LogP contribution is -2.31. The zero-order chi connectivity index (χ0) is 16.5. The number of likely N-dealkylation sites (N-methyl/N-ethyl adjacent to an activating group) is 1. The Balaban J connectivity index is 2.82. The molecule has 122 valence electrons. The van der Waals surface area contributed by atoms with E-state index in [0.717, 1.165) is 24.2 Å². The normalized spacial score (nSPS) is 10.4. The molecule has 0 aromatic heterocycles. The molecule has 0 aliphatic carbocycles. The molecule has 1 amide bonds. The van der Waals surface area contributed by atoms with Crippen LogP contribution in [0.3, 0.4) is 0 Å². The summed E-state index contributed by atoms with van der Waals surface area (Å²) in [5.74, 6) is -0.727. The zero-order valence-corrected chi connectivity index (χ0v) is 13.7. The van der Waals surface area contributed by atoms with Gasteiger partial charge in [0.25, 0.3) is 5.91 Å². The molecule has 0 aliphatic rings. The van der Waals surface area contributed by atoms with E-state index in [9.17, 15) is 9.59 Å². The van der Waals surface area contributed by atoms with Crippen LogP contribution in [0, 0.1) is 0 Å². The fourth-order valence-corrected chi connectivity index (χ4v) is 2.10. The molecule has 22 heavy (non-hydrogen) atoms. The molecule has 0 saturated carbocycles. The maximum Gasteiger partial charge on any atom is 0.325 e. The average molecular weight is 307 g/mol. The van der Waals surface area contributed by atoms with Crippen LogP contribution in [0.2, 0.25) is 0 Å². The summed E-state index contributed by atoms with van der Waals surface area (Å²) in [4.78, 5) is 25.7. The Labute approximate surface area is 131 Å². The van der Waals surface area contributed by atoms with Gasteiger partial charge in [0.2, 0.25) is 0 Å². The lowest BCUT2D eigenvalue weighted by molar-refractivity contribution is -0.141. The number of hydrogen-bond acceptors (Lipinski definition) is 5. The monoisotopic (exact) mass is 307 g/mol. The van der Waals surface area contributed by atoms with Crippen molar-refractivity contribution in [1.29, 1.82) is 0 Å². The third-order valence-corrected chi connectivity index (χ3v) is 3.17. The van der Waals surface area contributed by atoms with E-state index in [1.807, 2.05) is 26.2 Å². The van der Waals surface area contributed by atoms with Crippen molar-refractivity contribution in [2.75, 3.05) is 46.2 Å². The quantitative estimate of drug-likeness (QED) is 0.705. The maximum absolute atomic E-state index is 12.3. The SMILES string of the molecule is CCOC(=O)CNC(=O)c1cccc(CCN(C)C)c1NC. The van der Waals surface area contributed by atoms with Crippen molar-refractivity contribution in [2.24, 2.45) is 0 Å². The highest BCUT2D eigenvalue weighted by Crippen LogP contribution is 2.21. The van der Waals surface area contributed by atoms with Gasteiger partial charge in [0.05, 0.1) is 12.2 Å². The molecule has 0 heterocycles. The number of hydrogen-bond donors (Lipinski definition) is 2. The van der Waals surface area contributed by atoms with E-state index < -0.39 is 5.97 Å². The lowest BCUT2D eigenvalue weighted by atomic mass is 10.0. The number of carbonyl (C=O) groups is 2. The fraction of sp³-hybridized carbons (Fsp3) is 0.500. The number of esters is 1. The van der Waals surface area contributed by atoms with Gasteiger partial charge in [-0.2, -0.15) is 0 Å². The summed E-state index contributed by atoms with van der Waals surface area (Å²) in [6.07, 6.45) is 0.835. The first-order chi connectivity index (χ1) is 10.5. The summed E-state index contributed by atoms with van der Waals surface area (Å²) in [6, 6.07) is 5.59. The van der Waals surface area contributed by atoms with E-state index in [4.69, 9.17) is 4.74 Å². The van der Waals surface area contributed by atoms with E-state index in [0.29, 0.717) is 12.2 Å². The molecule has 0 saturated heterocycles. The van der Waals surface area contributed by atoms with Crippen LogP contribution in [0.4, 0.5) is 5.69 Å². The number of para-hydroxylation sites is 1. The summed E-state index contributed by atoms with van der Waals surface area (Å²) >= 11 is 0. The minimum Gasteiger partial charge on any atom is -0.465 e. The highest BCUT2D eigenvalue weighted by atomic mass is 16.5. The molecular weight excluding hydrogens is 282 g/mol.